The normalized spacial score (nSPS) is 19.9. The van der Waals surface area contributed by atoms with Gasteiger partial charge in [-0.25, -0.2) is 18.0 Å². The third kappa shape index (κ3) is 5.12. The zero-order valence-corrected chi connectivity index (χ0v) is 19.1. The number of esters is 1. The maximum atomic E-state index is 13.1. The van der Waals surface area contributed by atoms with Crippen LogP contribution in [0.4, 0.5) is 10.5 Å². The summed E-state index contributed by atoms with van der Waals surface area (Å²) in [6, 6.07) is 3.93. The van der Waals surface area contributed by atoms with Crippen LogP contribution in [-0.4, -0.2) is 94.6 Å². The van der Waals surface area contributed by atoms with Gasteiger partial charge < -0.3 is 19.7 Å². The van der Waals surface area contributed by atoms with Gasteiger partial charge in [-0.05, 0) is 37.5 Å². The molecule has 0 radical (unpaired) electrons. The second kappa shape index (κ2) is 10.1. The van der Waals surface area contributed by atoms with E-state index in [1.54, 1.807) is 6.07 Å². The van der Waals surface area contributed by atoms with Gasteiger partial charge in [-0.3, -0.25) is 9.69 Å². The van der Waals surface area contributed by atoms with E-state index in [1.165, 1.54) is 16.4 Å². The minimum atomic E-state index is -3.82. The molecule has 0 atom stereocenters. The number of morpholine rings is 1. The summed E-state index contributed by atoms with van der Waals surface area (Å²) < 4.78 is 38.1. The van der Waals surface area contributed by atoms with Crippen LogP contribution in [0, 0.1) is 0 Å². The number of rotatable bonds is 6. The molecule has 4 rings (SSSR count). The number of carbonyl (C=O) groups is 3. The van der Waals surface area contributed by atoms with Crippen LogP contribution in [0.3, 0.4) is 0 Å². The van der Waals surface area contributed by atoms with E-state index in [0.717, 1.165) is 37.3 Å². The molecular formula is C21H28N4O7S. The van der Waals surface area contributed by atoms with E-state index in [4.69, 9.17) is 9.47 Å². The van der Waals surface area contributed by atoms with Crippen molar-refractivity contribution in [2.45, 2.75) is 24.2 Å². The Morgan fingerprint density at radius 2 is 1.76 bits per heavy atom. The summed E-state index contributed by atoms with van der Waals surface area (Å²) in [6.45, 7) is 2.53. The number of ether oxygens (including phenoxy) is 2. The molecule has 3 saturated heterocycles. The van der Waals surface area contributed by atoms with Gasteiger partial charge in [0.2, 0.25) is 10.0 Å². The van der Waals surface area contributed by atoms with Gasteiger partial charge in [-0.15, -0.1) is 0 Å². The molecule has 3 fully saturated rings. The van der Waals surface area contributed by atoms with Crippen molar-refractivity contribution in [2.75, 3.05) is 64.0 Å². The summed E-state index contributed by atoms with van der Waals surface area (Å²) in [5.41, 5.74) is 0.664. The average Bonchev–Trinajstić information content (AvgIpc) is 3.29. The van der Waals surface area contributed by atoms with Crippen LogP contribution in [0.1, 0.15) is 29.6 Å². The smallest absolute Gasteiger partial charge is 0.340 e. The average molecular weight is 481 g/mol. The third-order valence-electron chi connectivity index (χ3n) is 5.98. The molecule has 3 amide bonds. The molecule has 3 heterocycles. The van der Waals surface area contributed by atoms with Crippen LogP contribution >= 0.6 is 0 Å². The lowest BCUT2D eigenvalue weighted by Gasteiger charge is -2.31. The molecule has 180 valence electrons. The molecule has 33 heavy (non-hydrogen) atoms. The number of hydrogen-bond donors (Lipinski definition) is 1. The summed E-state index contributed by atoms with van der Waals surface area (Å²) in [5, 5.41) is 2.52. The molecular weight excluding hydrogens is 452 g/mol. The topological polar surface area (TPSA) is 126 Å². The number of sulfonamides is 1. The fraction of sp³-hybridized carbons (Fsp3) is 0.571. The summed E-state index contributed by atoms with van der Waals surface area (Å²) >= 11 is 0. The van der Waals surface area contributed by atoms with Gasteiger partial charge in [0.05, 0.1) is 29.4 Å². The Bertz CT molecular complexity index is 1020. The zero-order chi connectivity index (χ0) is 23.4. The Kier molecular flexibility index (Phi) is 7.15. The van der Waals surface area contributed by atoms with E-state index in [0.29, 0.717) is 25.4 Å². The molecule has 3 aliphatic rings. The van der Waals surface area contributed by atoms with E-state index in [2.05, 4.69) is 5.32 Å². The first-order valence-corrected chi connectivity index (χ1v) is 12.5. The highest BCUT2D eigenvalue weighted by molar-refractivity contribution is 7.89. The predicted molar refractivity (Wildman–Crippen MR) is 117 cm³/mol. The number of piperidine rings is 1. The van der Waals surface area contributed by atoms with Crippen molar-refractivity contribution >= 4 is 33.6 Å². The first-order valence-electron chi connectivity index (χ1n) is 11.1. The maximum absolute atomic E-state index is 13.1. The van der Waals surface area contributed by atoms with Gasteiger partial charge in [0.1, 0.15) is 0 Å². The lowest BCUT2D eigenvalue weighted by molar-refractivity contribution is -0.130. The van der Waals surface area contributed by atoms with E-state index in [-0.39, 0.29) is 30.1 Å². The molecule has 0 aliphatic carbocycles. The molecule has 0 saturated carbocycles. The van der Waals surface area contributed by atoms with Crippen LogP contribution in [0.5, 0.6) is 0 Å². The predicted octanol–water partition coefficient (Wildman–Crippen LogP) is 0.406. The van der Waals surface area contributed by atoms with Gasteiger partial charge in [0, 0.05) is 39.3 Å². The lowest BCUT2D eigenvalue weighted by Crippen LogP contribution is -2.40. The number of amides is 3. The largest absolute Gasteiger partial charge is 0.452 e. The first kappa shape index (κ1) is 23.5. The van der Waals surface area contributed by atoms with Crippen molar-refractivity contribution in [1.29, 1.82) is 0 Å². The summed E-state index contributed by atoms with van der Waals surface area (Å²) in [4.78, 5) is 40.0. The number of hydrogen-bond acceptors (Lipinski definition) is 8. The van der Waals surface area contributed by atoms with Crippen LogP contribution in [0.15, 0.2) is 23.1 Å². The monoisotopic (exact) mass is 480 g/mol. The summed E-state index contributed by atoms with van der Waals surface area (Å²) in [5.74, 6) is -1.43. The minimum Gasteiger partial charge on any atom is -0.452 e. The molecule has 0 spiro atoms. The van der Waals surface area contributed by atoms with Crippen LogP contribution in [0.2, 0.25) is 0 Å². The lowest BCUT2D eigenvalue weighted by atomic mass is 10.1. The maximum Gasteiger partial charge on any atom is 0.340 e. The van der Waals surface area contributed by atoms with Crippen LogP contribution in [-0.2, 0) is 24.3 Å². The Morgan fingerprint density at radius 3 is 2.42 bits per heavy atom. The Balaban J connectivity index is 1.58. The number of benzene rings is 1. The van der Waals surface area contributed by atoms with Crippen molar-refractivity contribution in [2.24, 2.45) is 0 Å². The van der Waals surface area contributed by atoms with Gasteiger partial charge in [0.25, 0.3) is 5.91 Å². The van der Waals surface area contributed by atoms with Crippen molar-refractivity contribution < 1.29 is 32.3 Å². The highest BCUT2D eigenvalue weighted by Gasteiger charge is 2.30. The third-order valence-corrected chi connectivity index (χ3v) is 7.87. The van der Waals surface area contributed by atoms with E-state index < -0.39 is 34.5 Å². The fourth-order valence-corrected chi connectivity index (χ4v) is 5.61. The van der Waals surface area contributed by atoms with Gasteiger partial charge in [0.15, 0.2) is 6.61 Å². The standard InChI is InChI=1S/C21H28N4O7S/c26-19(25-9-6-22-21(25)28)15-32-20(27)17-14-16(33(29,30)24-10-12-31-13-11-24)4-5-18(17)23-7-2-1-3-8-23/h4-5,14H,1-3,6-13,15H2,(H,22,28). The molecule has 0 bridgehead atoms. The minimum absolute atomic E-state index is 0.0117. The molecule has 12 heteroatoms. The van der Waals surface area contributed by atoms with Crippen molar-refractivity contribution in [3.05, 3.63) is 23.8 Å². The molecule has 11 nitrogen and oxygen atoms in total. The van der Waals surface area contributed by atoms with Gasteiger partial charge in [-0.1, -0.05) is 0 Å². The van der Waals surface area contributed by atoms with E-state index in [9.17, 15) is 22.8 Å². The number of carbonyl (C=O) groups excluding carboxylic acids is 3. The SMILES string of the molecule is O=C(OCC(=O)N1CCNC1=O)c1cc(S(=O)(=O)N2CCOCC2)ccc1N1CCCCC1. The quantitative estimate of drug-likeness (QED) is 0.580. The van der Waals surface area contributed by atoms with Crippen molar-refractivity contribution in [3.8, 4) is 0 Å². The van der Waals surface area contributed by atoms with Crippen LogP contribution < -0.4 is 10.2 Å². The number of urea groups is 1. The molecule has 0 unspecified atom stereocenters. The number of nitrogens with zero attached hydrogens (tertiary/aromatic N) is 3. The molecule has 1 N–H and O–H groups in total. The second-order valence-electron chi connectivity index (χ2n) is 8.10. The summed E-state index contributed by atoms with van der Waals surface area (Å²) in [7, 11) is -3.82. The van der Waals surface area contributed by atoms with Crippen molar-refractivity contribution in [3.63, 3.8) is 0 Å². The first-order chi connectivity index (χ1) is 15.9. The molecule has 1 aromatic carbocycles. The number of nitrogens with one attached hydrogen (secondary N) is 1. The zero-order valence-electron chi connectivity index (χ0n) is 18.3. The number of imide groups is 1. The molecule has 0 aromatic heterocycles. The van der Waals surface area contributed by atoms with Crippen molar-refractivity contribution in [1.82, 2.24) is 14.5 Å². The van der Waals surface area contributed by atoms with Gasteiger partial charge >= 0.3 is 12.0 Å². The number of anilines is 1. The molecule has 1 aromatic rings. The Morgan fingerprint density at radius 1 is 1.03 bits per heavy atom. The fourth-order valence-electron chi connectivity index (χ4n) is 4.18. The Hall–Kier alpha value is -2.70. The highest BCUT2D eigenvalue weighted by atomic mass is 32.2. The molecule has 3 aliphatic heterocycles. The van der Waals surface area contributed by atoms with E-state index >= 15 is 0 Å². The summed E-state index contributed by atoms with van der Waals surface area (Å²) in [6.07, 6.45) is 3.02. The second-order valence-corrected chi connectivity index (χ2v) is 10.0. The van der Waals surface area contributed by atoms with E-state index in [1.807, 2.05) is 4.90 Å². The van der Waals surface area contributed by atoms with Gasteiger partial charge in [-0.2, -0.15) is 4.31 Å². The Labute approximate surface area is 192 Å². The highest BCUT2D eigenvalue weighted by Crippen LogP contribution is 2.29. The van der Waals surface area contributed by atoms with Crippen LogP contribution in [0.25, 0.3) is 0 Å².